The Kier molecular flexibility index (Phi) is 4.52. The van der Waals surface area contributed by atoms with Crippen molar-refractivity contribution in [2.75, 3.05) is 7.11 Å². The number of aromatic nitrogens is 1. The molecule has 1 aromatic heterocycles. The van der Waals surface area contributed by atoms with Crippen molar-refractivity contribution in [2.45, 2.75) is 19.3 Å². The van der Waals surface area contributed by atoms with Gasteiger partial charge in [-0.1, -0.05) is 36.4 Å². The van der Waals surface area contributed by atoms with Crippen LogP contribution in [0.15, 0.2) is 66.7 Å². The molecule has 1 unspecified atom stereocenters. The van der Waals surface area contributed by atoms with Crippen molar-refractivity contribution in [2.24, 2.45) is 0 Å². The van der Waals surface area contributed by atoms with Crippen LogP contribution in [-0.2, 0) is 5.41 Å². The third-order valence-electron chi connectivity index (χ3n) is 5.73. The number of rotatable bonds is 4. The number of hydrogen-bond acceptors (Lipinski definition) is 3. The second kappa shape index (κ2) is 7.03. The number of aromatic hydroxyl groups is 1. The Labute approximate surface area is 170 Å². The van der Waals surface area contributed by atoms with Crippen molar-refractivity contribution in [3.8, 4) is 17.6 Å². The van der Waals surface area contributed by atoms with Crippen LogP contribution in [0.1, 0.15) is 27.9 Å². The Bertz CT molecular complexity index is 1210. The highest BCUT2D eigenvalue weighted by atomic mass is 16.5. The minimum Gasteiger partial charge on any atom is -0.508 e. The Hall–Kier alpha value is -3.71. The molecule has 4 heteroatoms. The molecule has 4 nitrogen and oxygen atoms in total. The first-order valence-electron chi connectivity index (χ1n) is 9.44. The molecule has 0 amide bonds. The normalized spacial score (nSPS) is 13.0. The number of ether oxygens (including phenoxy) is 1. The van der Waals surface area contributed by atoms with Crippen LogP contribution in [0.25, 0.3) is 10.9 Å². The molecule has 0 bridgehead atoms. The third kappa shape index (κ3) is 2.92. The van der Waals surface area contributed by atoms with Crippen LogP contribution in [0.4, 0.5) is 0 Å². The number of methoxy groups -OCH3 is 1. The van der Waals surface area contributed by atoms with Crippen LogP contribution in [-0.4, -0.2) is 17.2 Å². The zero-order valence-electron chi connectivity index (χ0n) is 16.7. The minimum atomic E-state index is -1.03. The summed E-state index contributed by atoms with van der Waals surface area (Å²) in [5.41, 5.74) is 4.81. The van der Waals surface area contributed by atoms with E-state index in [1.165, 1.54) is 5.56 Å². The maximum absolute atomic E-state index is 10.5. The van der Waals surface area contributed by atoms with Gasteiger partial charge in [0.2, 0.25) is 0 Å². The van der Waals surface area contributed by atoms with Gasteiger partial charge in [0.15, 0.2) is 0 Å². The molecule has 4 aromatic rings. The van der Waals surface area contributed by atoms with Crippen molar-refractivity contribution < 1.29 is 9.84 Å². The largest absolute Gasteiger partial charge is 0.508 e. The van der Waals surface area contributed by atoms with E-state index in [1.807, 2.05) is 30.3 Å². The molecule has 0 aliphatic carbocycles. The van der Waals surface area contributed by atoms with E-state index < -0.39 is 5.41 Å². The Morgan fingerprint density at radius 1 is 0.897 bits per heavy atom. The number of aromatic amines is 1. The quantitative estimate of drug-likeness (QED) is 0.467. The molecule has 0 saturated carbocycles. The Balaban J connectivity index is 2.01. The van der Waals surface area contributed by atoms with E-state index in [0.29, 0.717) is 0 Å². The van der Waals surface area contributed by atoms with Gasteiger partial charge < -0.3 is 14.8 Å². The molecule has 4 rings (SSSR count). The van der Waals surface area contributed by atoms with Crippen LogP contribution < -0.4 is 4.74 Å². The summed E-state index contributed by atoms with van der Waals surface area (Å²) in [4.78, 5) is 3.42. The van der Waals surface area contributed by atoms with Crippen molar-refractivity contribution in [1.82, 2.24) is 4.98 Å². The predicted octanol–water partition coefficient (Wildman–Crippen LogP) is 5.36. The lowest BCUT2D eigenvalue weighted by Crippen LogP contribution is -2.27. The highest BCUT2D eigenvalue weighted by Crippen LogP contribution is 2.41. The number of nitrogens with zero attached hydrogens (tertiary/aromatic N) is 1. The smallest absolute Gasteiger partial charge is 0.132 e. The van der Waals surface area contributed by atoms with Gasteiger partial charge >= 0.3 is 0 Å². The van der Waals surface area contributed by atoms with Gasteiger partial charge in [0.1, 0.15) is 16.9 Å². The van der Waals surface area contributed by atoms with Crippen LogP contribution in [0.3, 0.4) is 0 Å². The van der Waals surface area contributed by atoms with Gasteiger partial charge in [-0.3, -0.25) is 0 Å². The molecular weight excluding hydrogens is 360 g/mol. The molecule has 0 spiro atoms. The average molecular weight is 382 g/mol. The second-order valence-electron chi connectivity index (χ2n) is 7.27. The van der Waals surface area contributed by atoms with Crippen molar-refractivity contribution in [1.29, 1.82) is 5.26 Å². The average Bonchev–Trinajstić information content (AvgIpc) is 3.04. The van der Waals surface area contributed by atoms with Gasteiger partial charge in [-0.15, -0.1) is 0 Å². The minimum absolute atomic E-state index is 0.168. The van der Waals surface area contributed by atoms with Gasteiger partial charge in [-0.2, -0.15) is 5.26 Å². The monoisotopic (exact) mass is 382 g/mol. The summed E-state index contributed by atoms with van der Waals surface area (Å²) in [5, 5.41) is 21.4. The number of fused-ring (bicyclic) bond motifs is 1. The van der Waals surface area contributed by atoms with Crippen LogP contribution >= 0.6 is 0 Å². The summed E-state index contributed by atoms with van der Waals surface area (Å²) >= 11 is 0. The zero-order valence-corrected chi connectivity index (χ0v) is 16.7. The molecule has 3 aromatic carbocycles. The van der Waals surface area contributed by atoms with Gasteiger partial charge in [0.25, 0.3) is 0 Å². The molecule has 0 saturated heterocycles. The molecule has 29 heavy (non-hydrogen) atoms. The molecule has 0 aliphatic heterocycles. The SMILES string of the molecule is COc1ccc(C(C#N)(c2ccc(O)cc2)c2ccc3c(C)c(C)[nH]c3c2)cc1. The second-order valence-corrected chi connectivity index (χ2v) is 7.27. The molecule has 0 radical (unpaired) electrons. The summed E-state index contributed by atoms with van der Waals surface area (Å²) in [6.45, 7) is 4.14. The highest BCUT2D eigenvalue weighted by Gasteiger charge is 2.37. The van der Waals surface area contributed by atoms with Gasteiger partial charge in [0.05, 0.1) is 13.2 Å². The molecule has 1 atom stereocenters. The molecule has 0 fully saturated rings. The van der Waals surface area contributed by atoms with E-state index in [2.05, 4.69) is 37.0 Å². The van der Waals surface area contributed by atoms with E-state index in [-0.39, 0.29) is 5.75 Å². The lowest BCUT2D eigenvalue weighted by atomic mass is 9.70. The fraction of sp³-hybridized carbons (Fsp3) is 0.160. The topological polar surface area (TPSA) is 69.0 Å². The first-order chi connectivity index (χ1) is 14.0. The maximum Gasteiger partial charge on any atom is 0.132 e. The molecule has 0 aliphatic rings. The molecular formula is C25H22N2O2. The number of aryl methyl sites for hydroxylation is 2. The summed E-state index contributed by atoms with van der Waals surface area (Å²) in [5.74, 6) is 0.902. The molecule has 1 heterocycles. The first-order valence-corrected chi connectivity index (χ1v) is 9.44. The maximum atomic E-state index is 10.5. The Morgan fingerprint density at radius 2 is 1.48 bits per heavy atom. The lowest BCUT2D eigenvalue weighted by Gasteiger charge is -2.29. The summed E-state index contributed by atoms with van der Waals surface area (Å²) in [7, 11) is 1.62. The number of hydrogen-bond donors (Lipinski definition) is 2. The molecule has 2 N–H and O–H groups in total. The van der Waals surface area contributed by atoms with E-state index in [0.717, 1.165) is 39.0 Å². The zero-order chi connectivity index (χ0) is 20.6. The molecule has 144 valence electrons. The summed E-state index contributed by atoms with van der Waals surface area (Å²) < 4.78 is 5.30. The Morgan fingerprint density at radius 3 is 2.07 bits per heavy atom. The fourth-order valence-corrected chi connectivity index (χ4v) is 3.95. The van der Waals surface area contributed by atoms with E-state index in [9.17, 15) is 10.4 Å². The first kappa shape index (κ1) is 18.6. The number of phenolic OH excluding ortho intramolecular Hbond substituents is 1. The van der Waals surface area contributed by atoms with E-state index in [4.69, 9.17) is 4.74 Å². The number of H-pyrrole nitrogens is 1. The number of phenols is 1. The van der Waals surface area contributed by atoms with E-state index in [1.54, 1.807) is 31.4 Å². The van der Waals surface area contributed by atoms with Gasteiger partial charge in [-0.25, -0.2) is 0 Å². The van der Waals surface area contributed by atoms with Gasteiger partial charge in [-0.05, 0) is 66.4 Å². The summed E-state index contributed by atoms with van der Waals surface area (Å²) in [6, 6.07) is 23.1. The summed E-state index contributed by atoms with van der Waals surface area (Å²) in [6.07, 6.45) is 0. The lowest BCUT2D eigenvalue weighted by molar-refractivity contribution is 0.414. The van der Waals surface area contributed by atoms with Crippen LogP contribution in [0.2, 0.25) is 0 Å². The van der Waals surface area contributed by atoms with Crippen molar-refractivity contribution in [3.05, 3.63) is 94.7 Å². The van der Waals surface area contributed by atoms with Crippen molar-refractivity contribution >= 4 is 10.9 Å². The standard InChI is InChI=1S/C25H22N2O2/c1-16-17(2)27-24-14-20(8-13-23(16)24)25(15-26,18-4-9-21(28)10-5-18)19-6-11-22(29-3)12-7-19/h4-14,27-28H,1-3H3. The van der Waals surface area contributed by atoms with Crippen LogP contribution in [0.5, 0.6) is 11.5 Å². The number of nitrogens with one attached hydrogen (secondary N) is 1. The number of nitriles is 1. The van der Waals surface area contributed by atoms with Crippen LogP contribution in [0, 0.1) is 25.2 Å². The third-order valence-corrected chi connectivity index (χ3v) is 5.73. The predicted molar refractivity (Wildman–Crippen MR) is 114 cm³/mol. The van der Waals surface area contributed by atoms with Gasteiger partial charge in [0, 0.05) is 16.6 Å². The van der Waals surface area contributed by atoms with Crippen molar-refractivity contribution in [3.63, 3.8) is 0 Å². The number of benzene rings is 3. The fourth-order valence-electron chi connectivity index (χ4n) is 3.95. The highest BCUT2D eigenvalue weighted by molar-refractivity contribution is 5.85. The van der Waals surface area contributed by atoms with E-state index >= 15 is 0 Å².